The Morgan fingerprint density at radius 1 is 1.20 bits per heavy atom. The smallest absolute Gasteiger partial charge is 0.249 e. The van der Waals surface area contributed by atoms with Gasteiger partial charge < -0.3 is 19.9 Å². The molecule has 1 heterocycles. The van der Waals surface area contributed by atoms with E-state index in [1.54, 1.807) is 0 Å². The SMILES string of the molecule is COCC(=O)N(C[C@H](F)CN)[C@@H](c1nc(-c2cccc(Br)c2)cn1Cc1ccccc1)C(C)(C)C. The molecule has 0 aliphatic carbocycles. The minimum Gasteiger partial charge on any atom is -0.375 e. The number of ether oxygens (including phenoxy) is 1. The van der Waals surface area contributed by atoms with Gasteiger partial charge in [-0.3, -0.25) is 4.79 Å². The predicted molar refractivity (Wildman–Crippen MR) is 141 cm³/mol. The van der Waals surface area contributed by atoms with Gasteiger partial charge in [0.1, 0.15) is 18.6 Å². The highest BCUT2D eigenvalue weighted by molar-refractivity contribution is 9.10. The van der Waals surface area contributed by atoms with Crippen molar-refractivity contribution in [3.63, 3.8) is 0 Å². The molecule has 188 valence electrons. The highest BCUT2D eigenvalue weighted by Gasteiger charge is 2.39. The van der Waals surface area contributed by atoms with Crippen molar-refractivity contribution in [3.05, 3.63) is 76.7 Å². The van der Waals surface area contributed by atoms with Gasteiger partial charge in [-0.2, -0.15) is 0 Å². The van der Waals surface area contributed by atoms with Crippen LogP contribution in [0.5, 0.6) is 0 Å². The van der Waals surface area contributed by atoms with Gasteiger partial charge in [0.05, 0.1) is 18.3 Å². The fraction of sp³-hybridized carbons (Fsp3) is 0.407. The third-order valence-electron chi connectivity index (χ3n) is 5.74. The first-order chi connectivity index (χ1) is 16.6. The number of alkyl halides is 1. The van der Waals surface area contributed by atoms with Crippen LogP contribution in [0.25, 0.3) is 11.3 Å². The van der Waals surface area contributed by atoms with Gasteiger partial charge in [0.25, 0.3) is 0 Å². The number of benzene rings is 2. The molecule has 0 bridgehead atoms. The first-order valence-corrected chi connectivity index (χ1v) is 12.4. The van der Waals surface area contributed by atoms with E-state index in [1.165, 1.54) is 12.0 Å². The molecule has 3 aromatic rings. The van der Waals surface area contributed by atoms with Gasteiger partial charge in [-0.05, 0) is 23.1 Å². The fourth-order valence-corrected chi connectivity index (χ4v) is 4.58. The quantitative estimate of drug-likeness (QED) is 0.379. The molecule has 0 unspecified atom stereocenters. The highest BCUT2D eigenvalue weighted by atomic mass is 79.9. The van der Waals surface area contributed by atoms with Crippen molar-refractivity contribution < 1.29 is 13.9 Å². The molecule has 0 saturated heterocycles. The number of nitrogens with two attached hydrogens (primary N) is 1. The van der Waals surface area contributed by atoms with Gasteiger partial charge in [-0.25, -0.2) is 9.37 Å². The van der Waals surface area contributed by atoms with Crippen molar-refractivity contribution in [2.75, 3.05) is 26.8 Å². The Balaban J connectivity index is 2.18. The maximum Gasteiger partial charge on any atom is 0.249 e. The van der Waals surface area contributed by atoms with Crippen molar-refractivity contribution in [2.24, 2.45) is 11.1 Å². The number of nitrogens with zero attached hydrogens (tertiary/aromatic N) is 3. The Morgan fingerprint density at radius 3 is 2.51 bits per heavy atom. The number of carbonyl (C=O) groups excluding carboxylic acids is 1. The topological polar surface area (TPSA) is 73.4 Å². The fourth-order valence-electron chi connectivity index (χ4n) is 4.18. The van der Waals surface area contributed by atoms with Gasteiger partial charge in [0, 0.05) is 36.4 Å². The molecule has 0 fully saturated rings. The molecule has 2 aromatic carbocycles. The molecule has 6 nitrogen and oxygen atoms in total. The standard InChI is InChI=1S/C27H34BrFN4O2/c1-27(2,3)25(33(16-22(29)14-30)24(34)18-35-4)26-31-23(20-11-8-12-21(28)13-20)17-32(26)15-19-9-6-5-7-10-19/h5-13,17,22,25H,14-16,18,30H2,1-4H3/t22-,25+/m1/s1. The van der Waals surface area contributed by atoms with Crippen LogP contribution in [0.15, 0.2) is 65.3 Å². The molecule has 0 saturated carbocycles. The Labute approximate surface area is 215 Å². The largest absolute Gasteiger partial charge is 0.375 e. The van der Waals surface area contributed by atoms with Crippen LogP contribution in [0.2, 0.25) is 0 Å². The van der Waals surface area contributed by atoms with E-state index in [2.05, 4.69) is 32.6 Å². The van der Waals surface area contributed by atoms with Crippen LogP contribution >= 0.6 is 15.9 Å². The number of hydrogen-bond donors (Lipinski definition) is 1. The lowest BCUT2D eigenvalue weighted by molar-refractivity contribution is -0.141. The maximum absolute atomic E-state index is 14.6. The van der Waals surface area contributed by atoms with Crippen molar-refractivity contribution in [2.45, 2.75) is 39.5 Å². The van der Waals surface area contributed by atoms with E-state index in [0.29, 0.717) is 12.4 Å². The van der Waals surface area contributed by atoms with Crippen LogP contribution in [0.3, 0.4) is 0 Å². The molecule has 0 radical (unpaired) electrons. The second-order valence-corrected chi connectivity index (χ2v) is 10.6. The van der Waals surface area contributed by atoms with Gasteiger partial charge in [-0.1, -0.05) is 79.2 Å². The molecule has 0 aliphatic rings. The summed E-state index contributed by atoms with van der Waals surface area (Å²) < 4.78 is 22.8. The summed E-state index contributed by atoms with van der Waals surface area (Å²) in [5.41, 5.74) is 7.97. The monoisotopic (exact) mass is 544 g/mol. The van der Waals surface area contributed by atoms with Crippen LogP contribution < -0.4 is 5.73 Å². The Bertz CT molecular complexity index is 1110. The van der Waals surface area contributed by atoms with E-state index >= 15 is 0 Å². The van der Waals surface area contributed by atoms with Crippen molar-refractivity contribution >= 4 is 21.8 Å². The molecular weight excluding hydrogens is 511 g/mol. The van der Waals surface area contributed by atoms with E-state index in [1.807, 2.05) is 69.4 Å². The zero-order chi connectivity index (χ0) is 25.6. The Kier molecular flexibility index (Phi) is 9.21. The highest BCUT2D eigenvalue weighted by Crippen LogP contribution is 2.39. The summed E-state index contributed by atoms with van der Waals surface area (Å²) >= 11 is 3.54. The van der Waals surface area contributed by atoms with E-state index in [0.717, 1.165) is 21.3 Å². The molecule has 1 amide bonds. The lowest BCUT2D eigenvalue weighted by Crippen LogP contribution is -2.47. The van der Waals surface area contributed by atoms with Crippen molar-refractivity contribution in [1.29, 1.82) is 0 Å². The summed E-state index contributed by atoms with van der Waals surface area (Å²) in [6.45, 7) is 6.19. The zero-order valence-electron chi connectivity index (χ0n) is 20.7. The van der Waals surface area contributed by atoms with Crippen LogP contribution in [-0.2, 0) is 16.1 Å². The summed E-state index contributed by atoms with van der Waals surface area (Å²) in [6, 6.07) is 17.5. The molecule has 35 heavy (non-hydrogen) atoms. The molecule has 0 spiro atoms. The summed E-state index contributed by atoms with van der Waals surface area (Å²) in [4.78, 5) is 19.8. The third-order valence-corrected chi connectivity index (χ3v) is 6.23. The lowest BCUT2D eigenvalue weighted by Gasteiger charge is -2.40. The molecular formula is C27H34BrFN4O2. The van der Waals surface area contributed by atoms with Crippen LogP contribution in [-0.4, -0.2) is 53.3 Å². The van der Waals surface area contributed by atoms with Crippen molar-refractivity contribution in [1.82, 2.24) is 14.5 Å². The van der Waals surface area contributed by atoms with E-state index in [4.69, 9.17) is 15.5 Å². The van der Waals surface area contributed by atoms with Crippen molar-refractivity contribution in [3.8, 4) is 11.3 Å². The molecule has 0 aliphatic heterocycles. The second kappa shape index (κ2) is 11.9. The molecule has 2 N–H and O–H groups in total. The average Bonchev–Trinajstić information content (AvgIpc) is 3.21. The molecule has 8 heteroatoms. The van der Waals surface area contributed by atoms with E-state index in [9.17, 15) is 9.18 Å². The summed E-state index contributed by atoms with van der Waals surface area (Å²) in [5.74, 6) is 0.381. The molecule has 3 rings (SSSR count). The number of hydrogen-bond acceptors (Lipinski definition) is 4. The number of methoxy groups -OCH3 is 1. The number of halogens is 2. The van der Waals surface area contributed by atoms with Crippen LogP contribution in [0.4, 0.5) is 4.39 Å². The first kappa shape index (κ1) is 27.0. The molecule has 2 atom stereocenters. The summed E-state index contributed by atoms with van der Waals surface area (Å²) in [6.07, 6.45) is 0.639. The maximum atomic E-state index is 14.6. The third kappa shape index (κ3) is 6.99. The normalized spacial score (nSPS) is 13.5. The number of imidazole rings is 1. The van der Waals surface area contributed by atoms with E-state index in [-0.39, 0.29) is 25.6 Å². The zero-order valence-corrected chi connectivity index (χ0v) is 22.3. The Morgan fingerprint density at radius 2 is 1.91 bits per heavy atom. The Hall–Kier alpha value is -2.55. The van der Waals surface area contributed by atoms with Crippen LogP contribution in [0.1, 0.15) is 38.2 Å². The van der Waals surface area contributed by atoms with E-state index < -0.39 is 17.6 Å². The van der Waals surface area contributed by atoms with Gasteiger partial charge in [0.2, 0.25) is 5.91 Å². The van der Waals surface area contributed by atoms with Crippen LogP contribution in [0, 0.1) is 5.41 Å². The average molecular weight is 545 g/mol. The summed E-state index contributed by atoms with van der Waals surface area (Å²) in [7, 11) is 1.46. The van der Waals surface area contributed by atoms with Gasteiger partial charge >= 0.3 is 0 Å². The van der Waals surface area contributed by atoms with Gasteiger partial charge in [-0.15, -0.1) is 0 Å². The predicted octanol–water partition coefficient (Wildman–Crippen LogP) is 5.22. The summed E-state index contributed by atoms with van der Waals surface area (Å²) in [5, 5.41) is 0. The number of amides is 1. The minimum atomic E-state index is -1.36. The number of rotatable bonds is 10. The van der Waals surface area contributed by atoms with Gasteiger partial charge in [0.15, 0.2) is 0 Å². The second-order valence-electron chi connectivity index (χ2n) is 9.69. The lowest BCUT2D eigenvalue weighted by atomic mass is 9.84. The first-order valence-electron chi connectivity index (χ1n) is 11.6. The molecule has 1 aromatic heterocycles. The number of carbonyl (C=O) groups is 1. The minimum absolute atomic E-state index is 0.134. The number of aromatic nitrogens is 2.